The third kappa shape index (κ3) is 4.03. The molecule has 2 amide bonds. The smallest absolute Gasteiger partial charge is 0.267 e. The molecule has 136 valence electrons. The standard InChI is InChI=1S/C20H22N2O4/c1-14-20(25)22(17-4-2-3-5-18(17)26-14)12-10-19(24)21-16-8-6-15(7-9-16)11-13-23/h2-9,14,23H,10-13H2,1H3,(H,21,24). The Morgan fingerprint density at radius 2 is 1.92 bits per heavy atom. The molecule has 0 saturated carbocycles. The molecule has 1 atom stereocenters. The molecule has 0 bridgehead atoms. The van der Waals surface area contributed by atoms with Gasteiger partial charge in [-0.15, -0.1) is 0 Å². The van der Waals surface area contributed by atoms with Crippen LogP contribution in [0, 0.1) is 0 Å². The lowest BCUT2D eigenvalue weighted by Gasteiger charge is -2.32. The first kappa shape index (κ1) is 17.9. The molecule has 0 fully saturated rings. The molecule has 26 heavy (non-hydrogen) atoms. The molecule has 0 spiro atoms. The Morgan fingerprint density at radius 1 is 1.19 bits per heavy atom. The molecule has 0 radical (unpaired) electrons. The Bertz CT molecular complexity index is 789. The molecule has 2 aromatic carbocycles. The van der Waals surface area contributed by atoms with Gasteiger partial charge in [-0.05, 0) is 43.2 Å². The van der Waals surface area contributed by atoms with Crippen LogP contribution in [0.5, 0.6) is 5.75 Å². The summed E-state index contributed by atoms with van der Waals surface area (Å²) in [7, 11) is 0. The molecule has 0 saturated heterocycles. The SMILES string of the molecule is CC1Oc2ccccc2N(CCC(=O)Nc2ccc(CCO)cc2)C1=O. The van der Waals surface area contributed by atoms with E-state index in [1.807, 2.05) is 36.4 Å². The number of nitrogens with zero attached hydrogens (tertiary/aromatic N) is 1. The number of nitrogens with one attached hydrogen (secondary N) is 1. The van der Waals surface area contributed by atoms with Crippen molar-refractivity contribution in [2.45, 2.75) is 25.9 Å². The van der Waals surface area contributed by atoms with E-state index in [1.54, 1.807) is 24.0 Å². The lowest BCUT2D eigenvalue weighted by atomic mass is 10.1. The quantitative estimate of drug-likeness (QED) is 0.835. The van der Waals surface area contributed by atoms with Crippen LogP contribution in [0.4, 0.5) is 11.4 Å². The van der Waals surface area contributed by atoms with E-state index in [1.165, 1.54) is 0 Å². The molecule has 0 aliphatic carbocycles. The van der Waals surface area contributed by atoms with Gasteiger partial charge in [-0.25, -0.2) is 0 Å². The molecular weight excluding hydrogens is 332 g/mol. The third-order valence-electron chi connectivity index (χ3n) is 4.27. The average molecular weight is 354 g/mol. The lowest BCUT2D eigenvalue weighted by Crippen LogP contribution is -2.45. The van der Waals surface area contributed by atoms with Gasteiger partial charge in [0, 0.05) is 25.3 Å². The van der Waals surface area contributed by atoms with Crippen molar-refractivity contribution in [1.29, 1.82) is 0 Å². The van der Waals surface area contributed by atoms with Crippen LogP contribution in [0.15, 0.2) is 48.5 Å². The number of carbonyl (C=O) groups excluding carboxylic acids is 2. The molecule has 1 aliphatic heterocycles. The minimum absolute atomic E-state index is 0.0964. The normalized spacial score (nSPS) is 16.0. The van der Waals surface area contributed by atoms with E-state index < -0.39 is 6.10 Å². The van der Waals surface area contributed by atoms with Crippen molar-refractivity contribution in [2.75, 3.05) is 23.4 Å². The van der Waals surface area contributed by atoms with E-state index in [0.29, 0.717) is 23.5 Å². The molecule has 2 N–H and O–H groups in total. The number of fused-ring (bicyclic) bond motifs is 1. The Kier molecular flexibility index (Phi) is 5.53. The highest BCUT2D eigenvalue weighted by Gasteiger charge is 2.31. The molecule has 2 aromatic rings. The molecular formula is C20H22N2O4. The fourth-order valence-corrected chi connectivity index (χ4v) is 2.91. The zero-order valence-electron chi connectivity index (χ0n) is 14.6. The zero-order valence-corrected chi connectivity index (χ0v) is 14.6. The van der Waals surface area contributed by atoms with Gasteiger partial charge in [0.05, 0.1) is 5.69 Å². The van der Waals surface area contributed by atoms with E-state index in [4.69, 9.17) is 9.84 Å². The van der Waals surface area contributed by atoms with Crippen molar-refractivity contribution in [3.05, 3.63) is 54.1 Å². The summed E-state index contributed by atoms with van der Waals surface area (Å²) in [6, 6.07) is 14.7. The van der Waals surface area contributed by atoms with Gasteiger partial charge in [0.2, 0.25) is 5.91 Å². The molecule has 1 aliphatic rings. The summed E-state index contributed by atoms with van der Waals surface area (Å²) in [5, 5.41) is 11.8. The Morgan fingerprint density at radius 3 is 2.65 bits per heavy atom. The number of hydrogen-bond donors (Lipinski definition) is 2. The fraction of sp³-hybridized carbons (Fsp3) is 0.300. The second-order valence-electron chi connectivity index (χ2n) is 6.19. The van der Waals surface area contributed by atoms with Crippen molar-refractivity contribution in [3.63, 3.8) is 0 Å². The zero-order chi connectivity index (χ0) is 18.5. The second kappa shape index (κ2) is 8.01. The van der Waals surface area contributed by atoms with Gasteiger partial charge >= 0.3 is 0 Å². The Balaban J connectivity index is 1.61. The van der Waals surface area contributed by atoms with Crippen LogP contribution in [0.2, 0.25) is 0 Å². The van der Waals surface area contributed by atoms with Crippen LogP contribution in [0.25, 0.3) is 0 Å². The number of rotatable bonds is 6. The first-order valence-electron chi connectivity index (χ1n) is 8.65. The van der Waals surface area contributed by atoms with Crippen molar-refractivity contribution in [3.8, 4) is 5.75 Å². The van der Waals surface area contributed by atoms with Crippen LogP contribution in [-0.2, 0) is 16.0 Å². The van der Waals surface area contributed by atoms with Crippen molar-refractivity contribution < 1.29 is 19.4 Å². The summed E-state index contributed by atoms with van der Waals surface area (Å²) in [5.74, 6) is 0.341. The highest BCUT2D eigenvalue weighted by Crippen LogP contribution is 2.33. The van der Waals surface area contributed by atoms with Crippen molar-refractivity contribution in [2.24, 2.45) is 0 Å². The molecule has 3 rings (SSSR count). The summed E-state index contributed by atoms with van der Waals surface area (Å²) in [6.45, 7) is 2.09. The van der Waals surface area contributed by atoms with E-state index in [-0.39, 0.29) is 31.4 Å². The van der Waals surface area contributed by atoms with Gasteiger partial charge in [-0.3, -0.25) is 9.59 Å². The maximum Gasteiger partial charge on any atom is 0.267 e. The number of anilines is 2. The Hall–Kier alpha value is -2.86. The number of amides is 2. The van der Waals surface area contributed by atoms with Gasteiger partial charge in [0.1, 0.15) is 5.75 Å². The maximum absolute atomic E-state index is 12.4. The van der Waals surface area contributed by atoms with Gasteiger partial charge in [-0.1, -0.05) is 24.3 Å². The van der Waals surface area contributed by atoms with E-state index in [0.717, 1.165) is 5.56 Å². The van der Waals surface area contributed by atoms with Crippen LogP contribution in [0.1, 0.15) is 18.9 Å². The number of carbonyl (C=O) groups is 2. The van der Waals surface area contributed by atoms with Gasteiger partial charge < -0.3 is 20.1 Å². The lowest BCUT2D eigenvalue weighted by molar-refractivity contribution is -0.125. The predicted molar refractivity (Wildman–Crippen MR) is 99.4 cm³/mol. The average Bonchev–Trinajstić information content (AvgIpc) is 2.64. The summed E-state index contributed by atoms with van der Waals surface area (Å²) in [4.78, 5) is 26.3. The van der Waals surface area contributed by atoms with Gasteiger partial charge in [0.25, 0.3) is 5.91 Å². The van der Waals surface area contributed by atoms with Crippen LogP contribution < -0.4 is 15.0 Å². The molecule has 1 unspecified atom stereocenters. The van der Waals surface area contributed by atoms with Gasteiger partial charge in [-0.2, -0.15) is 0 Å². The number of para-hydroxylation sites is 2. The summed E-state index contributed by atoms with van der Waals surface area (Å²) < 4.78 is 5.60. The molecule has 6 nitrogen and oxygen atoms in total. The van der Waals surface area contributed by atoms with Crippen LogP contribution in [0.3, 0.4) is 0 Å². The molecule has 6 heteroatoms. The number of benzene rings is 2. The van der Waals surface area contributed by atoms with Crippen LogP contribution in [-0.4, -0.2) is 36.2 Å². The largest absolute Gasteiger partial charge is 0.479 e. The predicted octanol–water partition coefficient (Wildman–Crippen LogP) is 2.36. The first-order chi connectivity index (χ1) is 12.6. The third-order valence-corrected chi connectivity index (χ3v) is 4.27. The Labute approximate surface area is 152 Å². The van der Waals surface area contributed by atoms with E-state index in [9.17, 15) is 9.59 Å². The highest BCUT2D eigenvalue weighted by atomic mass is 16.5. The molecule has 1 heterocycles. The summed E-state index contributed by atoms with van der Waals surface area (Å²) >= 11 is 0. The van der Waals surface area contributed by atoms with Gasteiger partial charge in [0.15, 0.2) is 6.10 Å². The monoisotopic (exact) mass is 354 g/mol. The number of hydrogen-bond acceptors (Lipinski definition) is 4. The summed E-state index contributed by atoms with van der Waals surface area (Å²) in [5.41, 5.74) is 2.39. The van der Waals surface area contributed by atoms with Crippen molar-refractivity contribution in [1.82, 2.24) is 0 Å². The first-order valence-corrected chi connectivity index (χ1v) is 8.65. The summed E-state index contributed by atoms with van der Waals surface area (Å²) in [6.07, 6.45) is 0.211. The van der Waals surface area contributed by atoms with Crippen LogP contribution >= 0.6 is 0 Å². The number of ether oxygens (including phenoxy) is 1. The van der Waals surface area contributed by atoms with Crippen molar-refractivity contribution >= 4 is 23.2 Å². The second-order valence-corrected chi connectivity index (χ2v) is 6.19. The van der Waals surface area contributed by atoms with E-state index in [2.05, 4.69) is 5.32 Å². The number of aliphatic hydroxyl groups excluding tert-OH is 1. The highest BCUT2D eigenvalue weighted by molar-refractivity contribution is 6.00. The number of aliphatic hydroxyl groups is 1. The minimum atomic E-state index is -0.563. The maximum atomic E-state index is 12.4. The minimum Gasteiger partial charge on any atom is -0.479 e. The topological polar surface area (TPSA) is 78.9 Å². The fourth-order valence-electron chi connectivity index (χ4n) is 2.91. The van der Waals surface area contributed by atoms with E-state index >= 15 is 0 Å². The molecule has 0 aromatic heterocycles.